The Bertz CT molecular complexity index is 792. The van der Waals surface area contributed by atoms with Crippen LogP contribution in [0.25, 0.3) is 11.0 Å². The van der Waals surface area contributed by atoms with E-state index in [1.807, 2.05) is 42.7 Å². The number of ketones is 1. The zero-order valence-electron chi connectivity index (χ0n) is 10.7. The average Bonchev–Trinajstić information content (AvgIpc) is 2.92. The summed E-state index contributed by atoms with van der Waals surface area (Å²) in [5.41, 5.74) is 1.20. The minimum Gasteiger partial charge on any atom is -0.451 e. The number of carbonyl (C=O) groups is 1. The second kappa shape index (κ2) is 5.35. The lowest BCUT2D eigenvalue weighted by Gasteiger charge is -2.03. The monoisotopic (exact) mass is 302 g/mol. The summed E-state index contributed by atoms with van der Waals surface area (Å²) >= 11 is 7.61. The fourth-order valence-corrected chi connectivity index (χ4v) is 2.92. The van der Waals surface area contributed by atoms with E-state index in [0.29, 0.717) is 21.9 Å². The molecule has 2 nitrogen and oxygen atoms in total. The van der Waals surface area contributed by atoms with Crippen LogP contribution in [0.4, 0.5) is 0 Å². The molecule has 0 fully saturated rings. The Morgan fingerprint density at radius 3 is 2.70 bits per heavy atom. The van der Waals surface area contributed by atoms with Crippen LogP contribution in [0.1, 0.15) is 16.1 Å². The fourth-order valence-electron chi connectivity index (χ4n) is 2.10. The number of hydrogen-bond donors (Lipinski definition) is 0. The molecule has 2 aromatic carbocycles. The molecular formula is C16H11ClO2S. The van der Waals surface area contributed by atoms with E-state index in [9.17, 15) is 4.79 Å². The highest BCUT2D eigenvalue weighted by Gasteiger charge is 2.18. The Morgan fingerprint density at radius 1 is 1.15 bits per heavy atom. The maximum Gasteiger partial charge on any atom is 0.229 e. The summed E-state index contributed by atoms with van der Waals surface area (Å²) in [6.07, 6.45) is 1.95. The van der Waals surface area contributed by atoms with Crippen molar-refractivity contribution in [2.45, 2.75) is 4.90 Å². The molecule has 0 unspecified atom stereocenters. The molecule has 3 rings (SSSR count). The molecule has 0 aliphatic carbocycles. The number of para-hydroxylation sites is 1. The highest BCUT2D eigenvalue weighted by atomic mass is 35.5. The van der Waals surface area contributed by atoms with Crippen molar-refractivity contribution >= 4 is 40.1 Å². The molecule has 0 saturated heterocycles. The summed E-state index contributed by atoms with van der Waals surface area (Å²) in [7, 11) is 0. The molecule has 0 spiro atoms. The van der Waals surface area contributed by atoms with Crippen LogP contribution in [0, 0.1) is 0 Å². The smallest absolute Gasteiger partial charge is 0.229 e. The summed E-state index contributed by atoms with van der Waals surface area (Å²) in [4.78, 5) is 13.5. The van der Waals surface area contributed by atoms with Crippen LogP contribution in [-0.4, -0.2) is 12.0 Å². The molecule has 1 heterocycles. The fraction of sp³-hybridized carbons (Fsp3) is 0.0625. The molecule has 0 N–H and O–H groups in total. The van der Waals surface area contributed by atoms with Gasteiger partial charge in [-0.25, -0.2) is 0 Å². The first-order chi connectivity index (χ1) is 9.70. The van der Waals surface area contributed by atoms with E-state index in [1.54, 1.807) is 12.1 Å². The van der Waals surface area contributed by atoms with Crippen LogP contribution < -0.4 is 0 Å². The molecule has 0 radical (unpaired) electrons. The van der Waals surface area contributed by atoms with E-state index in [-0.39, 0.29) is 5.78 Å². The van der Waals surface area contributed by atoms with Crippen LogP contribution >= 0.6 is 23.4 Å². The van der Waals surface area contributed by atoms with Crippen molar-refractivity contribution in [3.63, 3.8) is 0 Å². The highest BCUT2D eigenvalue weighted by Crippen LogP contribution is 2.29. The van der Waals surface area contributed by atoms with Gasteiger partial charge in [-0.3, -0.25) is 4.79 Å². The van der Waals surface area contributed by atoms with Crippen LogP contribution in [0.3, 0.4) is 0 Å². The summed E-state index contributed by atoms with van der Waals surface area (Å²) < 4.78 is 5.62. The van der Waals surface area contributed by atoms with E-state index >= 15 is 0 Å². The first kappa shape index (κ1) is 13.3. The Kier molecular flexibility index (Phi) is 3.55. The van der Waals surface area contributed by atoms with Crippen molar-refractivity contribution in [1.29, 1.82) is 0 Å². The summed E-state index contributed by atoms with van der Waals surface area (Å²) in [6.45, 7) is 0. The number of hydrogen-bond acceptors (Lipinski definition) is 3. The van der Waals surface area contributed by atoms with Crippen LogP contribution in [0.15, 0.2) is 57.8 Å². The molecule has 0 aliphatic heterocycles. The Labute approximate surface area is 125 Å². The number of thioether (sulfide) groups is 1. The quantitative estimate of drug-likeness (QED) is 0.501. The first-order valence-corrected chi connectivity index (χ1v) is 7.67. The van der Waals surface area contributed by atoms with Gasteiger partial charge in [0.05, 0.1) is 5.02 Å². The van der Waals surface area contributed by atoms with Gasteiger partial charge in [-0.15, -0.1) is 11.8 Å². The van der Waals surface area contributed by atoms with Gasteiger partial charge in [0.25, 0.3) is 0 Å². The van der Waals surface area contributed by atoms with Crippen molar-refractivity contribution in [2.75, 3.05) is 6.26 Å². The first-order valence-electron chi connectivity index (χ1n) is 6.06. The van der Waals surface area contributed by atoms with Gasteiger partial charge in [0, 0.05) is 15.8 Å². The lowest BCUT2D eigenvalue weighted by molar-refractivity contribution is 0.101. The lowest BCUT2D eigenvalue weighted by Crippen LogP contribution is -2.01. The zero-order chi connectivity index (χ0) is 14.1. The van der Waals surface area contributed by atoms with Gasteiger partial charge in [0.1, 0.15) is 0 Å². The SMILES string of the molecule is CSc1ccccc1C(=O)c1cc2cccc(Cl)c2o1. The number of benzene rings is 2. The number of rotatable bonds is 3. The Morgan fingerprint density at radius 2 is 1.95 bits per heavy atom. The molecule has 1 aromatic heterocycles. The lowest BCUT2D eigenvalue weighted by atomic mass is 10.1. The van der Waals surface area contributed by atoms with E-state index in [2.05, 4.69) is 0 Å². The third-order valence-electron chi connectivity index (χ3n) is 3.07. The third-order valence-corrected chi connectivity index (χ3v) is 4.16. The predicted octanol–water partition coefficient (Wildman–Crippen LogP) is 5.04. The van der Waals surface area contributed by atoms with Crippen molar-refractivity contribution in [1.82, 2.24) is 0 Å². The molecule has 0 amide bonds. The van der Waals surface area contributed by atoms with E-state index in [0.717, 1.165) is 10.3 Å². The highest BCUT2D eigenvalue weighted by molar-refractivity contribution is 7.98. The second-order valence-corrected chi connectivity index (χ2v) is 5.55. The van der Waals surface area contributed by atoms with Crippen molar-refractivity contribution in [3.8, 4) is 0 Å². The molecule has 100 valence electrons. The van der Waals surface area contributed by atoms with Gasteiger partial charge >= 0.3 is 0 Å². The molecule has 0 saturated carbocycles. The molecule has 0 aliphatic rings. The number of halogens is 1. The number of fused-ring (bicyclic) bond motifs is 1. The average molecular weight is 303 g/mol. The van der Waals surface area contributed by atoms with E-state index in [4.69, 9.17) is 16.0 Å². The molecule has 0 atom stereocenters. The van der Waals surface area contributed by atoms with Crippen LogP contribution in [-0.2, 0) is 0 Å². The van der Waals surface area contributed by atoms with E-state index < -0.39 is 0 Å². The second-order valence-electron chi connectivity index (χ2n) is 4.30. The Balaban J connectivity index is 2.11. The van der Waals surface area contributed by atoms with Crippen molar-refractivity contribution in [3.05, 3.63) is 64.9 Å². The van der Waals surface area contributed by atoms with Gasteiger partial charge in [-0.2, -0.15) is 0 Å². The molecule has 0 bridgehead atoms. The van der Waals surface area contributed by atoms with Crippen LogP contribution in [0.5, 0.6) is 0 Å². The molecule has 20 heavy (non-hydrogen) atoms. The standard InChI is InChI=1S/C16H11ClO2S/c1-20-14-8-3-2-6-11(14)15(18)13-9-10-5-4-7-12(17)16(10)19-13/h2-9H,1H3. The van der Waals surface area contributed by atoms with E-state index in [1.165, 1.54) is 11.8 Å². The largest absolute Gasteiger partial charge is 0.451 e. The van der Waals surface area contributed by atoms with Gasteiger partial charge in [0.15, 0.2) is 11.3 Å². The predicted molar refractivity (Wildman–Crippen MR) is 82.9 cm³/mol. The maximum atomic E-state index is 12.6. The van der Waals surface area contributed by atoms with Gasteiger partial charge in [-0.05, 0) is 30.5 Å². The van der Waals surface area contributed by atoms with Gasteiger partial charge < -0.3 is 4.42 Å². The minimum atomic E-state index is -0.123. The van der Waals surface area contributed by atoms with Crippen LogP contribution in [0.2, 0.25) is 5.02 Å². The topological polar surface area (TPSA) is 30.2 Å². The molecule has 3 aromatic rings. The Hall–Kier alpha value is -1.71. The van der Waals surface area contributed by atoms with Gasteiger partial charge in [0.2, 0.25) is 5.78 Å². The third kappa shape index (κ3) is 2.23. The number of carbonyl (C=O) groups excluding carboxylic acids is 1. The maximum absolute atomic E-state index is 12.6. The van der Waals surface area contributed by atoms with Crippen molar-refractivity contribution < 1.29 is 9.21 Å². The normalized spacial score (nSPS) is 10.9. The number of furan rings is 1. The molecule has 4 heteroatoms. The zero-order valence-corrected chi connectivity index (χ0v) is 12.3. The van der Waals surface area contributed by atoms with Crippen molar-refractivity contribution in [2.24, 2.45) is 0 Å². The summed E-state index contributed by atoms with van der Waals surface area (Å²) in [5, 5.41) is 1.35. The summed E-state index contributed by atoms with van der Waals surface area (Å²) in [6, 6.07) is 14.7. The minimum absolute atomic E-state index is 0.123. The molecular weight excluding hydrogens is 292 g/mol. The summed E-state index contributed by atoms with van der Waals surface area (Å²) in [5.74, 6) is 0.191. The van der Waals surface area contributed by atoms with Gasteiger partial charge in [-0.1, -0.05) is 35.9 Å².